The van der Waals surface area contributed by atoms with E-state index >= 15 is 0 Å². The van der Waals surface area contributed by atoms with Gasteiger partial charge in [-0.1, -0.05) is 30.3 Å². The Labute approximate surface area is 92.5 Å². The standard InChI is InChI=1S/C13H11F2N/c14-12-6-2-5-11(13(12)15)10-4-1-3-9(7-10)8-16/h1-7H,8,16H2. The van der Waals surface area contributed by atoms with Gasteiger partial charge in [-0.05, 0) is 23.3 Å². The van der Waals surface area contributed by atoms with Gasteiger partial charge in [-0.3, -0.25) is 0 Å². The molecule has 2 aromatic rings. The van der Waals surface area contributed by atoms with Crippen LogP contribution in [-0.4, -0.2) is 0 Å². The number of rotatable bonds is 2. The third-order valence-electron chi connectivity index (χ3n) is 2.43. The van der Waals surface area contributed by atoms with Crippen molar-refractivity contribution in [3.05, 3.63) is 59.7 Å². The molecule has 0 unspecified atom stereocenters. The summed E-state index contributed by atoms with van der Waals surface area (Å²) in [6, 6.07) is 11.3. The van der Waals surface area contributed by atoms with E-state index in [-0.39, 0.29) is 5.56 Å². The molecule has 0 fully saturated rings. The maximum absolute atomic E-state index is 13.5. The lowest BCUT2D eigenvalue weighted by Crippen LogP contribution is -1.96. The number of hydrogen-bond donors (Lipinski definition) is 1. The molecule has 0 saturated heterocycles. The van der Waals surface area contributed by atoms with Crippen molar-refractivity contribution in [2.45, 2.75) is 6.54 Å². The van der Waals surface area contributed by atoms with Crippen molar-refractivity contribution < 1.29 is 8.78 Å². The minimum atomic E-state index is -0.837. The third-order valence-corrected chi connectivity index (χ3v) is 2.43. The summed E-state index contributed by atoms with van der Waals surface area (Å²) in [6.45, 7) is 0.380. The SMILES string of the molecule is NCc1cccc(-c2cccc(F)c2F)c1. The zero-order chi connectivity index (χ0) is 11.5. The van der Waals surface area contributed by atoms with Gasteiger partial charge in [-0.2, -0.15) is 0 Å². The highest BCUT2D eigenvalue weighted by Gasteiger charge is 2.09. The lowest BCUT2D eigenvalue weighted by Gasteiger charge is -2.05. The summed E-state index contributed by atoms with van der Waals surface area (Å²) < 4.78 is 26.6. The number of hydrogen-bond acceptors (Lipinski definition) is 1. The van der Waals surface area contributed by atoms with Gasteiger partial charge in [0.15, 0.2) is 11.6 Å². The Morgan fingerprint density at radius 3 is 2.50 bits per heavy atom. The van der Waals surface area contributed by atoms with E-state index in [0.29, 0.717) is 12.1 Å². The van der Waals surface area contributed by atoms with Crippen LogP contribution >= 0.6 is 0 Å². The molecule has 0 aromatic heterocycles. The van der Waals surface area contributed by atoms with Gasteiger partial charge in [0.2, 0.25) is 0 Å². The fourth-order valence-electron chi connectivity index (χ4n) is 1.59. The molecule has 82 valence electrons. The lowest BCUT2D eigenvalue weighted by atomic mass is 10.0. The largest absolute Gasteiger partial charge is 0.326 e. The summed E-state index contributed by atoms with van der Waals surface area (Å²) in [4.78, 5) is 0. The number of nitrogens with two attached hydrogens (primary N) is 1. The van der Waals surface area contributed by atoms with Gasteiger partial charge in [0.25, 0.3) is 0 Å². The maximum atomic E-state index is 13.5. The van der Waals surface area contributed by atoms with Crippen molar-refractivity contribution in [2.75, 3.05) is 0 Å². The van der Waals surface area contributed by atoms with E-state index in [1.165, 1.54) is 6.07 Å². The first-order valence-electron chi connectivity index (χ1n) is 4.96. The maximum Gasteiger partial charge on any atom is 0.166 e. The average molecular weight is 219 g/mol. The Morgan fingerprint density at radius 1 is 1.00 bits per heavy atom. The first-order chi connectivity index (χ1) is 7.72. The molecule has 0 aliphatic heterocycles. The Bertz CT molecular complexity index is 509. The molecule has 2 rings (SSSR count). The van der Waals surface area contributed by atoms with E-state index in [0.717, 1.165) is 11.6 Å². The smallest absolute Gasteiger partial charge is 0.166 e. The Hall–Kier alpha value is -1.74. The van der Waals surface area contributed by atoms with Gasteiger partial charge < -0.3 is 5.73 Å². The number of halogens is 2. The second-order valence-corrected chi connectivity index (χ2v) is 3.51. The summed E-state index contributed by atoms with van der Waals surface area (Å²) in [5.74, 6) is -1.66. The van der Waals surface area contributed by atoms with Gasteiger partial charge in [0.05, 0.1) is 0 Å². The topological polar surface area (TPSA) is 26.0 Å². The van der Waals surface area contributed by atoms with Crippen LogP contribution < -0.4 is 5.73 Å². The molecule has 0 heterocycles. The van der Waals surface area contributed by atoms with Crippen LogP contribution in [0.2, 0.25) is 0 Å². The highest BCUT2D eigenvalue weighted by molar-refractivity contribution is 5.64. The van der Waals surface area contributed by atoms with Crippen molar-refractivity contribution in [2.24, 2.45) is 5.73 Å². The van der Waals surface area contributed by atoms with Crippen molar-refractivity contribution >= 4 is 0 Å². The van der Waals surface area contributed by atoms with Gasteiger partial charge in [-0.25, -0.2) is 8.78 Å². The van der Waals surface area contributed by atoms with E-state index < -0.39 is 11.6 Å². The zero-order valence-corrected chi connectivity index (χ0v) is 8.58. The summed E-state index contributed by atoms with van der Waals surface area (Å²) >= 11 is 0. The van der Waals surface area contributed by atoms with Crippen molar-refractivity contribution in [3.8, 4) is 11.1 Å². The predicted molar refractivity (Wildman–Crippen MR) is 59.7 cm³/mol. The van der Waals surface area contributed by atoms with Gasteiger partial charge in [0, 0.05) is 12.1 Å². The molecule has 3 heteroatoms. The number of benzene rings is 2. The van der Waals surface area contributed by atoms with Crippen LogP contribution in [0.1, 0.15) is 5.56 Å². The molecule has 0 atom stereocenters. The summed E-state index contributed by atoms with van der Waals surface area (Å²) in [7, 11) is 0. The zero-order valence-electron chi connectivity index (χ0n) is 8.58. The van der Waals surface area contributed by atoms with Crippen LogP contribution in [0.4, 0.5) is 8.78 Å². The Kier molecular flexibility index (Phi) is 2.97. The monoisotopic (exact) mass is 219 g/mol. The second kappa shape index (κ2) is 4.41. The van der Waals surface area contributed by atoms with E-state index in [9.17, 15) is 8.78 Å². The summed E-state index contributed by atoms with van der Waals surface area (Å²) in [5, 5.41) is 0. The van der Waals surface area contributed by atoms with Crippen LogP contribution in [0, 0.1) is 11.6 Å². The van der Waals surface area contributed by atoms with Crippen molar-refractivity contribution in [3.63, 3.8) is 0 Å². The molecule has 0 saturated carbocycles. The normalized spacial score (nSPS) is 10.4. The summed E-state index contributed by atoms with van der Waals surface area (Å²) in [5.41, 5.74) is 7.29. The van der Waals surface area contributed by atoms with Crippen LogP contribution in [0.3, 0.4) is 0 Å². The van der Waals surface area contributed by atoms with Gasteiger partial charge >= 0.3 is 0 Å². The molecule has 0 aliphatic rings. The molecule has 0 bridgehead atoms. The fraction of sp³-hybridized carbons (Fsp3) is 0.0769. The molecule has 0 spiro atoms. The fourth-order valence-corrected chi connectivity index (χ4v) is 1.59. The minimum absolute atomic E-state index is 0.260. The van der Waals surface area contributed by atoms with E-state index in [1.807, 2.05) is 6.07 Å². The highest BCUT2D eigenvalue weighted by atomic mass is 19.2. The molecule has 1 nitrogen and oxygen atoms in total. The molecular weight excluding hydrogens is 208 g/mol. The van der Waals surface area contributed by atoms with Crippen molar-refractivity contribution in [1.29, 1.82) is 0 Å². The second-order valence-electron chi connectivity index (χ2n) is 3.51. The molecule has 16 heavy (non-hydrogen) atoms. The molecule has 0 amide bonds. The van der Waals surface area contributed by atoms with E-state index in [2.05, 4.69) is 0 Å². The summed E-state index contributed by atoms with van der Waals surface area (Å²) in [6.07, 6.45) is 0. The Morgan fingerprint density at radius 2 is 1.75 bits per heavy atom. The van der Waals surface area contributed by atoms with Gasteiger partial charge in [-0.15, -0.1) is 0 Å². The molecular formula is C13H11F2N. The molecule has 0 aliphatic carbocycles. The lowest BCUT2D eigenvalue weighted by molar-refractivity contribution is 0.511. The van der Waals surface area contributed by atoms with E-state index in [4.69, 9.17) is 5.73 Å². The molecule has 2 aromatic carbocycles. The highest BCUT2D eigenvalue weighted by Crippen LogP contribution is 2.24. The average Bonchev–Trinajstić information content (AvgIpc) is 2.33. The Balaban J connectivity index is 2.54. The molecule has 0 radical (unpaired) electrons. The first kappa shape index (κ1) is 10.8. The van der Waals surface area contributed by atoms with Crippen LogP contribution in [0.5, 0.6) is 0 Å². The van der Waals surface area contributed by atoms with Crippen LogP contribution in [0.25, 0.3) is 11.1 Å². The van der Waals surface area contributed by atoms with Gasteiger partial charge in [0.1, 0.15) is 0 Å². The van der Waals surface area contributed by atoms with E-state index in [1.54, 1.807) is 24.3 Å². The van der Waals surface area contributed by atoms with Crippen LogP contribution in [0.15, 0.2) is 42.5 Å². The first-order valence-corrected chi connectivity index (χ1v) is 4.96. The van der Waals surface area contributed by atoms with Crippen LogP contribution in [-0.2, 0) is 6.54 Å². The van der Waals surface area contributed by atoms with Crippen molar-refractivity contribution in [1.82, 2.24) is 0 Å². The minimum Gasteiger partial charge on any atom is -0.326 e. The third kappa shape index (κ3) is 1.95. The quantitative estimate of drug-likeness (QED) is 0.825. The molecule has 2 N–H and O–H groups in total. The predicted octanol–water partition coefficient (Wildman–Crippen LogP) is 3.09.